The molecule has 108 valence electrons. The molecular formula is C16H15FN2OS. The first kappa shape index (κ1) is 15.2. The second-order valence-corrected chi connectivity index (χ2v) is 5.38. The Bertz CT molecular complexity index is 668. The minimum absolute atomic E-state index is 0.0930. The van der Waals surface area contributed by atoms with Crippen LogP contribution in [0.15, 0.2) is 35.7 Å². The summed E-state index contributed by atoms with van der Waals surface area (Å²) in [6.07, 6.45) is 0.242. The van der Waals surface area contributed by atoms with Crippen LogP contribution in [-0.4, -0.2) is 12.5 Å². The molecule has 0 fully saturated rings. The molecule has 2 aromatic rings. The number of carbonyl (C=O) groups excluding carboxylic acids is 1. The van der Waals surface area contributed by atoms with Gasteiger partial charge in [0.1, 0.15) is 5.82 Å². The molecule has 0 bridgehead atoms. The number of rotatable bonds is 4. The van der Waals surface area contributed by atoms with E-state index in [0.717, 1.165) is 16.0 Å². The zero-order valence-corrected chi connectivity index (χ0v) is 12.2. The fraction of sp³-hybridized carbons (Fsp3) is 0.188. The first-order valence-corrected chi connectivity index (χ1v) is 7.33. The highest BCUT2D eigenvalue weighted by Crippen LogP contribution is 2.13. The van der Waals surface area contributed by atoms with Crippen molar-refractivity contribution in [2.45, 2.75) is 13.0 Å². The number of hydrogen-bond acceptors (Lipinski definition) is 3. The van der Waals surface area contributed by atoms with Gasteiger partial charge >= 0.3 is 0 Å². The Morgan fingerprint density at radius 2 is 2.10 bits per heavy atom. The number of halogens is 1. The Morgan fingerprint density at radius 1 is 1.33 bits per heavy atom. The van der Waals surface area contributed by atoms with Crippen LogP contribution >= 0.6 is 11.3 Å². The minimum atomic E-state index is -0.302. The number of hydrogen-bond donors (Lipinski definition) is 2. The predicted octanol–water partition coefficient (Wildman–Crippen LogP) is 2.06. The average Bonchev–Trinajstić information content (AvgIpc) is 2.93. The lowest BCUT2D eigenvalue weighted by Crippen LogP contribution is -2.24. The molecule has 0 saturated heterocycles. The molecule has 0 aliphatic rings. The quantitative estimate of drug-likeness (QED) is 0.849. The van der Waals surface area contributed by atoms with Gasteiger partial charge in [-0.15, -0.1) is 11.3 Å². The molecule has 0 atom stereocenters. The largest absolute Gasteiger partial charge is 0.351 e. The topological polar surface area (TPSA) is 55.1 Å². The summed E-state index contributed by atoms with van der Waals surface area (Å²) in [5, 5.41) is 4.77. The van der Waals surface area contributed by atoms with Crippen molar-refractivity contribution >= 4 is 17.2 Å². The first-order valence-electron chi connectivity index (χ1n) is 6.45. The average molecular weight is 302 g/mol. The maximum atomic E-state index is 12.8. The lowest BCUT2D eigenvalue weighted by atomic mass is 10.1. The van der Waals surface area contributed by atoms with Gasteiger partial charge < -0.3 is 11.1 Å². The molecule has 1 aromatic heterocycles. The van der Waals surface area contributed by atoms with Crippen molar-refractivity contribution in [2.75, 3.05) is 6.54 Å². The normalized spacial score (nSPS) is 9.81. The minimum Gasteiger partial charge on any atom is -0.351 e. The van der Waals surface area contributed by atoms with Gasteiger partial charge in [0.15, 0.2) is 0 Å². The Kier molecular flexibility index (Phi) is 5.50. The molecule has 2 rings (SSSR count). The molecule has 0 spiro atoms. The molecule has 5 heteroatoms. The summed E-state index contributed by atoms with van der Waals surface area (Å²) in [6, 6.07) is 7.86. The number of carbonyl (C=O) groups is 1. The third kappa shape index (κ3) is 5.03. The summed E-state index contributed by atoms with van der Waals surface area (Å²) in [5.41, 5.74) is 7.01. The van der Waals surface area contributed by atoms with E-state index in [4.69, 9.17) is 5.73 Å². The van der Waals surface area contributed by atoms with Gasteiger partial charge in [0.2, 0.25) is 5.91 Å². The number of amides is 1. The van der Waals surface area contributed by atoms with Crippen LogP contribution in [0.5, 0.6) is 0 Å². The summed E-state index contributed by atoms with van der Waals surface area (Å²) < 4.78 is 12.8. The lowest BCUT2D eigenvalue weighted by molar-refractivity contribution is -0.120. The molecule has 3 N–H and O–H groups in total. The number of nitrogens with one attached hydrogen (secondary N) is 1. The number of benzene rings is 1. The SMILES string of the molecule is NCC#Cc1csc(CNC(=O)Cc2ccc(F)cc2)c1. The summed E-state index contributed by atoms with van der Waals surface area (Å²) in [6.45, 7) is 0.800. The Hall–Kier alpha value is -2.16. The summed E-state index contributed by atoms with van der Waals surface area (Å²) in [5.74, 6) is 5.34. The predicted molar refractivity (Wildman–Crippen MR) is 82.2 cm³/mol. The highest BCUT2D eigenvalue weighted by atomic mass is 32.1. The molecule has 0 radical (unpaired) electrons. The summed E-state index contributed by atoms with van der Waals surface area (Å²) >= 11 is 1.54. The fourth-order valence-corrected chi connectivity index (χ4v) is 2.48. The summed E-state index contributed by atoms with van der Waals surface area (Å²) in [4.78, 5) is 12.8. The van der Waals surface area contributed by atoms with Crippen molar-refractivity contribution in [3.63, 3.8) is 0 Å². The molecule has 1 heterocycles. The van der Waals surface area contributed by atoms with Crippen LogP contribution in [0, 0.1) is 17.7 Å². The second kappa shape index (κ2) is 7.58. The molecule has 0 aliphatic carbocycles. The molecule has 1 aromatic carbocycles. The van der Waals surface area contributed by atoms with E-state index in [1.807, 2.05) is 11.4 Å². The first-order chi connectivity index (χ1) is 10.2. The smallest absolute Gasteiger partial charge is 0.224 e. The Balaban J connectivity index is 1.83. The molecule has 21 heavy (non-hydrogen) atoms. The molecule has 0 unspecified atom stereocenters. The number of nitrogens with two attached hydrogens (primary N) is 1. The third-order valence-corrected chi connectivity index (χ3v) is 3.66. The van der Waals surface area contributed by atoms with E-state index in [2.05, 4.69) is 17.2 Å². The van der Waals surface area contributed by atoms with Crippen LogP contribution in [0.4, 0.5) is 4.39 Å². The van der Waals surface area contributed by atoms with Crippen molar-refractivity contribution in [1.29, 1.82) is 0 Å². The van der Waals surface area contributed by atoms with Gasteiger partial charge in [-0.25, -0.2) is 4.39 Å². The maximum Gasteiger partial charge on any atom is 0.224 e. The molecule has 1 amide bonds. The van der Waals surface area contributed by atoms with Crippen LogP contribution in [0.1, 0.15) is 16.0 Å². The van der Waals surface area contributed by atoms with E-state index in [9.17, 15) is 9.18 Å². The van der Waals surface area contributed by atoms with Crippen LogP contribution in [0.2, 0.25) is 0 Å². The van der Waals surface area contributed by atoms with E-state index in [-0.39, 0.29) is 18.1 Å². The van der Waals surface area contributed by atoms with Gasteiger partial charge in [0, 0.05) is 15.8 Å². The van der Waals surface area contributed by atoms with Gasteiger partial charge in [-0.05, 0) is 23.8 Å². The third-order valence-electron chi connectivity index (χ3n) is 2.73. The van der Waals surface area contributed by atoms with E-state index >= 15 is 0 Å². The van der Waals surface area contributed by atoms with Crippen molar-refractivity contribution < 1.29 is 9.18 Å². The van der Waals surface area contributed by atoms with Crippen LogP contribution < -0.4 is 11.1 Å². The van der Waals surface area contributed by atoms with Crippen molar-refractivity contribution in [1.82, 2.24) is 5.32 Å². The fourth-order valence-electron chi connectivity index (χ4n) is 1.73. The van der Waals surface area contributed by atoms with Crippen molar-refractivity contribution in [3.05, 3.63) is 57.5 Å². The van der Waals surface area contributed by atoms with E-state index in [1.54, 1.807) is 23.5 Å². The maximum absolute atomic E-state index is 12.8. The van der Waals surface area contributed by atoms with Gasteiger partial charge in [0.25, 0.3) is 0 Å². The highest BCUT2D eigenvalue weighted by Gasteiger charge is 2.05. The Labute approximate surface area is 127 Å². The molecule has 3 nitrogen and oxygen atoms in total. The van der Waals surface area contributed by atoms with Crippen LogP contribution in [-0.2, 0) is 17.8 Å². The zero-order valence-electron chi connectivity index (χ0n) is 11.4. The van der Waals surface area contributed by atoms with E-state index in [1.165, 1.54) is 12.1 Å². The standard InChI is InChI=1S/C16H15FN2OS/c17-14-5-3-12(4-6-14)9-16(20)19-10-15-8-13(11-21-15)2-1-7-18/h3-6,8,11H,7,9-10,18H2,(H,19,20). The monoisotopic (exact) mass is 302 g/mol. The highest BCUT2D eigenvalue weighted by molar-refractivity contribution is 7.10. The van der Waals surface area contributed by atoms with Crippen molar-refractivity contribution in [3.8, 4) is 11.8 Å². The van der Waals surface area contributed by atoms with Crippen LogP contribution in [0.25, 0.3) is 0 Å². The van der Waals surface area contributed by atoms with Crippen LogP contribution in [0.3, 0.4) is 0 Å². The van der Waals surface area contributed by atoms with Gasteiger partial charge in [-0.1, -0.05) is 24.0 Å². The van der Waals surface area contributed by atoms with E-state index < -0.39 is 0 Å². The molecule has 0 saturated carbocycles. The van der Waals surface area contributed by atoms with Gasteiger partial charge in [-0.3, -0.25) is 4.79 Å². The van der Waals surface area contributed by atoms with E-state index in [0.29, 0.717) is 13.1 Å². The Morgan fingerprint density at radius 3 is 2.81 bits per heavy atom. The summed E-state index contributed by atoms with van der Waals surface area (Å²) in [7, 11) is 0. The van der Waals surface area contributed by atoms with Crippen molar-refractivity contribution in [2.24, 2.45) is 5.73 Å². The van der Waals surface area contributed by atoms with Gasteiger partial charge in [-0.2, -0.15) is 0 Å². The number of thiophene rings is 1. The molecular weight excluding hydrogens is 287 g/mol. The lowest BCUT2D eigenvalue weighted by Gasteiger charge is -2.03. The second-order valence-electron chi connectivity index (χ2n) is 4.39. The molecule has 0 aliphatic heterocycles. The van der Waals surface area contributed by atoms with Gasteiger partial charge in [0.05, 0.1) is 19.5 Å². The zero-order chi connectivity index (χ0) is 15.1.